The highest BCUT2D eigenvalue weighted by atomic mass is 19.4. The minimum absolute atomic E-state index is 0.0209. The molecule has 0 radical (unpaired) electrons. The normalized spacial score (nSPS) is 16.0. The van der Waals surface area contributed by atoms with E-state index in [2.05, 4.69) is 4.74 Å². The molecule has 4 nitrogen and oxygen atoms in total. The molecule has 1 atom stereocenters. The number of hydrogen-bond acceptors (Lipinski definition) is 4. The first-order valence-corrected chi connectivity index (χ1v) is 10.6. The number of allylic oxidation sites excluding steroid dienone is 2. The Kier molecular flexibility index (Phi) is 7.78. The van der Waals surface area contributed by atoms with E-state index in [0.717, 1.165) is 36.8 Å². The average Bonchev–Trinajstić information content (AvgIpc) is 2.77. The number of alkyl halides is 3. The van der Waals surface area contributed by atoms with E-state index in [1.807, 2.05) is 6.92 Å². The monoisotopic (exact) mass is 488 g/mol. The Bertz CT molecular complexity index is 1090. The third-order valence-corrected chi connectivity index (χ3v) is 5.22. The van der Waals surface area contributed by atoms with Crippen LogP contribution in [0.15, 0.2) is 36.1 Å². The quantitative estimate of drug-likeness (QED) is 0.241. The van der Waals surface area contributed by atoms with Gasteiger partial charge in [-0.25, -0.2) is 18.0 Å². The van der Waals surface area contributed by atoms with Crippen LogP contribution in [0.3, 0.4) is 0 Å². The Hall–Kier alpha value is -3.17. The van der Waals surface area contributed by atoms with Crippen molar-refractivity contribution in [2.45, 2.75) is 45.2 Å². The number of carbonyl (C=O) groups is 1. The smallest absolute Gasteiger partial charge is 0.422 e. The second-order valence-electron chi connectivity index (χ2n) is 7.57. The highest BCUT2D eigenvalue weighted by molar-refractivity contribution is 5.91. The third kappa shape index (κ3) is 5.31. The zero-order valence-corrected chi connectivity index (χ0v) is 18.4. The number of esters is 1. The van der Waals surface area contributed by atoms with Gasteiger partial charge in [-0.05, 0) is 49.6 Å². The second-order valence-corrected chi connectivity index (χ2v) is 7.57. The topological polar surface area (TPSA) is 44.8 Å². The van der Waals surface area contributed by atoms with Crippen molar-refractivity contribution in [2.24, 2.45) is 0 Å². The maximum atomic E-state index is 14.7. The Balaban J connectivity index is 1.86. The first-order chi connectivity index (χ1) is 16.1. The summed E-state index contributed by atoms with van der Waals surface area (Å²) < 4.78 is 98.8. The summed E-state index contributed by atoms with van der Waals surface area (Å²) in [7, 11) is 0. The van der Waals surface area contributed by atoms with Gasteiger partial charge in [0, 0.05) is 12.3 Å². The molecule has 0 spiro atoms. The SMILES string of the molecule is CCCC1=CCC(c2ccc(C(=O)Oc3ccc(OCC)c(C(F)(F)F)c3F)c(F)c2F)CO1. The van der Waals surface area contributed by atoms with E-state index in [-0.39, 0.29) is 18.8 Å². The van der Waals surface area contributed by atoms with Crippen LogP contribution in [0.4, 0.5) is 26.3 Å². The van der Waals surface area contributed by atoms with Crippen LogP contribution in [0, 0.1) is 17.5 Å². The molecule has 0 saturated carbocycles. The molecule has 1 heterocycles. The Morgan fingerprint density at radius 1 is 1.03 bits per heavy atom. The Morgan fingerprint density at radius 3 is 2.32 bits per heavy atom. The predicted molar refractivity (Wildman–Crippen MR) is 110 cm³/mol. The summed E-state index contributed by atoms with van der Waals surface area (Å²) in [6.45, 7) is 3.35. The summed E-state index contributed by atoms with van der Waals surface area (Å²) in [6.07, 6.45) is -1.34. The molecule has 0 aliphatic carbocycles. The van der Waals surface area contributed by atoms with Gasteiger partial charge in [0.2, 0.25) is 0 Å². The maximum Gasteiger partial charge on any atom is 0.422 e. The van der Waals surface area contributed by atoms with E-state index in [1.165, 1.54) is 13.0 Å². The van der Waals surface area contributed by atoms with Crippen molar-refractivity contribution in [3.63, 3.8) is 0 Å². The molecule has 184 valence electrons. The number of carbonyl (C=O) groups excluding carboxylic acids is 1. The molecular weight excluding hydrogens is 466 g/mol. The van der Waals surface area contributed by atoms with Crippen LogP contribution < -0.4 is 9.47 Å². The van der Waals surface area contributed by atoms with Gasteiger partial charge in [-0.3, -0.25) is 0 Å². The molecule has 0 N–H and O–H groups in total. The standard InChI is InChI=1S/C24H22F6O4/c1-3-5-14-7-6-13(12-33-14)15-8-9-16(21(26)20(15)25)23(31)34-18-11-10-17(32-4-2)19(22(18)27)24(28,29)30/h7-11,13H,3-6,12H2,1-2H3. The summed E-state index contributed by atoms with van der Waals surface area (Å²) in [4.78, 5) is 12.4. The summed E-state index contributed by atoms with van der Waals surface area (Å²) in [6, 6.07) is 3.65. The molecule has 0 saturated heterocycles. The van der Waals surface area contributed by atoms with Crippen LogP contribution in [-0.4, -0.2) is 19.2 Å². The minimum Gasteiger partial charge on any atom is -0.498 e. The van der Waals surface area contributed by atoms with E-state index in [0.29, 0.717) is 6.42 Å². The van der Waals surface area contributed by atoms with Crippen molar-refractivity contribution in [3.8, 4) is 11.5 Å². The van der Waals surface area contributed by atoms with E-state index in [9.17, 15) is 31.1 Å². The predicted octanol–water partition coefficient (Wildman–Crippen LogP) is 6.93. The van der Waals surface area contributed by atoms with Gasteiger partial charge in [0.05, 0.1) is 24.5 Å². The molecular formula is C24H22F6O4. The van der Waals surface area contributed by atoms with Crippen LogP contribution in [0.5, 0.6) is 11.5 Å². The molecule has 1 aliphatic heterocycles. The molecule has 2 aromatic carbocycles. The molecule has 0 fully saturated rings. The van der Waals surface area contributed by atoms with Crippen molar-refractivity contribution >= 4 is 5.97 Å². The van der Waals surface area contributed by atoms with Gasteiger partial charge in [0.25, 0.3) is 0 Å². The van der Waals surface area contributed by atoms with Crippen molar-refractivity contribution in [1.29, 1.82) is 0 Å². The maximum absolute atomic E-state index is 14.7. The highest BCUT2D eigenvalue weighted by Crippen LogP contribution is 2.41. The molecule has 3 rings (SSSR count). The second kappa shape index (κ2) is 10.4. The van der Waals surface area contributed by atoms with Gasteiger partial charge in [0.1, 0.15) is 11.3 Å². The van der Waals surface area contributed by atoms with Crippen molar-refractivity contribution in [1.82, 2.24) is 0 Å². The molecule has 1 aliphatic rings. The van der Waals surface area contributed by atoms with Crippen LogP contribution in [0.25, 0.3) is 0 Å². The molecule has 10 heteroatoms. The fourth-order valence-electron chi connectivity index (χ4n) is 3.60. The Labute approximate surface area is 192 Å². The largest absolute Gasteiger partial charge is 0.498 e. The van der Waals surface area contributed by atoms with Crippen molar-refractivity contribution < 1.29 is 45.3 Å². The van der Waals surface area contributed by atoms with Gasteiger partial charge in [-0.15, -0.1) is 0 Å². The molecule has 34 heavy (non-hydrogen) atoms. The molecule has 0 aromatic heterocycles. The summed E-state index contributed by atoms with van der Waals surface area (Å²) >= 11 is 0. The first-order valence-electron chi connectivity index (χ1n) is 10.6. The van der Waals surface area contributed by atoms with E-state index in [4.69, 9.17) is 9.47 Å². The lowest BCUT2D eigenvalue weighted by Gasteiger charge is -2.24. The highest BCUT2D eigenvalue weighted by Gasteiger charge is 2.40. The third-order valence-electron chi connectivity index (χ3n) is 5.22. The number of hydrogen-bond donors (Lipinski definition) is 0. The van der Waals surface area contributed by atoms with E-state index < -0.39 is 58.1 Å². The lowest BCUT2D eigenvalue weighted by Crippen LogP contribution is -2.18. The fourth-order valence-corrected chi connectivity index (χ4v) is 3.60. The van der Waals surface area contributed by atoms with Gasteiger partial charge in [0.15, 0.2) is 23.2 Å². The lowest BCUT2D eigenvalue weighted by molar-refractivity contribution is -0.141. The molecule has 1 unspecified atom stereocenters. The van der Waals surface area contributed by atoms with E-state index in [1.54, 1.807) is 6.08 Å². The summed E-state index contributed by atoms with van der Waals surface area (Å²) in [5, 5.41) is 0. The first kappa shape index (κ1) is 25.5. The van der Waals surface area contributed by atoms with E-state index >= 15 is 0 Å². The Morgan fingerprint density at radius 2 is 1.74 bits per heavy atom. The average molecular weight is 488 g/mol. The van der Waals surface area contributed by atoms with Gasteiger partial charge in [-0.1, -0.05) is 13.0 Å². The van der Waals surface area contributed by atoms with Crippen LogP contribution in [0.1, 0.15) is 60.5 Å². The van der Waals surface area contributed by atoms with Crippen molar-refractivity contribution in [3.05, 3.63) is 70.2 Å². The zero-order valence-electron chi connectivity index (χ0n) is 18.4. The lowest BCUT2D eigenvalue weighted by atomic mass is 9.92. The van der Waals surface area contributed by atoms with Crippen LogP contribution in [-0.2, 0) is 10.9 Å². The molecule has 2 aromatic rings. The van der Waals surface area contributed by atoms with Crippen molar-refractivity contribution in [2.75, 3.05) is 13.2 Å². The summed E-state index contributed by atoms with van der Waals surface area (Å²) in [5.74, 6) is -7.92. The van der Waals surface area contributed by atoms with Gasteiger partial charge >= 0.3 is 12.1 Å². The fraction of sp³-hybridized carbons (Fsp3) is 0.375. The van der Waals surface area contributed by atoms with Crippen LogP contribution in [0.2, 0.25) is 0 Å². The molecule has 0 bridgehead atoms. The van der Waals surface area contributed by atoms with Gasteiger partial charge in [-0.2, -0.15) is 13.2 Å². The minimum atomic E-state index is -5.15. The summed E-state index contributed by atoms with van der Waals surface area (Å²) in [5.41, 5.74) is -2.68. The number of halogens is 6. The molecule has 0 amide bonds. The zero-order chi connectivity index (χ0) is 25.0. The van der Waals surface area contributed by atoms with Gasteiger partial charge < -0.3 is 14.2 Å². The number of rotatable bonds is 7. The number of ether oxygens (including phenoxy) is 3. The number of benzene rings is 2. The van der Waals surface area contributed by atoms with Crippen LogP contribution >= 0.6 is 0 Å².